The lowest BCUT2D eigenvalue weighted by molar-refractivity contribution is 0.320. The fourth-order valence-corrected chi connectivity index (χ4v) is 0.966. The van der Waals surface area contributed by atoms with Crippen molar-refractivity contribution in [1.82, 2.24) is 0 Å². The van der Waals surface area contributed by atoms with E-state index in [1.165, 1.54) is 12.5 Å². The van der Waals surface area contributed by atoms with E-state index in [9.17, 15) is 0 Å². The first-order chi connectivity index (χ1) is 6.88. The van der Waals surface area contributed by atoms with Crippen molar-refractivity contribution in [1.29, 1.82) is 0 Å². The van der Waals surface area contributed by atoms with Crippen LogP contribution in [0.5, 0.6) is 0 Å². The monoisotopic (exact) mass is 191 g/mol. The summed E-state index contributed by atoms with van der Waals surface area (Å²) in [4.78, 5) is 0. The number of hydrogen-bond donors (Lipinski definition) is 1. The molecule has 14 heavy (non-hydrogen) atoms. The molecule has 0 amide bonds. The summed E-state index contributed by atoms with van der Waals surface area (Å²) < 4.78 is 4.87. The molecule has 3 heteroatoms. The Morgan fingerprint density at radius 1 is 1.64 bits per heavy atom. The van der Waals surface area contributed by atoms with Crippen molar-refractivity contribution in [3.63, 3.8) is 0 Å². The van der Waals surface area contributed by atoms with Crippen LogP contribution in [0.2, 0.25) is 0 Å². The van der Waals surface area contributed by atoms with E-state index in [1.807, 2.05) is 0 Å². The predicted octanol–water partition coefficient (Wildman–Crippen LogP) is 2.65. The van der Waals surface area contributed by atoms with E-state index in [4.69, 9.17) is 9.62 Å². The zero-order valence-corrected chi connectivity index (χ0v) is 8.16. The summed E-state index contributed by atoms with van der Waals surface area (Å²) >= 11 is 0. The molecule has 0 saturated carbocycles. The van der Waals surface area contributed by atoms with Crippen molar-refractivity contribution in [2.24, 2.45) is 5.16 Å². The summed E-state index contributed by atoms with van der Waals surface area (Å²) in [6.45, 7) is 2.11. The Kier molecular flexibility index (Phi) is 4.36. The summed E-state index contributed by atoms with van der Waals surface area (Å²) in [7, 11) is 0. The third-order valence-electron chi connectivity index (χ3n) is 1.76. The number of rotatable bonds is 3. The average molecular weight is 191 g/mol. The molecule has 0 aliphatic carbocycles. The van der Waals surface area contributed by atoms with Gasteiger partial charge in [-0.1, -0.05) is 24.4 Å². The number of furan rings is 1. The Morgan fingerprint density at radius 3 is 3.07 bits per heavy atom. The molecule has 1 rings (SSSR count). The van der Waals surface area contributed by atoms with Gasteiger partial charge in [-0.05, 0) is 18.4 Å². The van der Waals surface area contributed by atoms with Crippen molar-refractivity contribution < 1.29 is 9.62 Å². The van der Waals surface area contributed by atoms with Gasteiger partial charge in [0.15, 0.2) is 5.71 Å². The quantitative estimate of drug-likeness (QED) is 0.262. The topological polar surface area (TPSA) is 45.7 Å². The molecule has 3 nitrogen and oxygen atoms in total. The molecule has 0 saturated heterocycles. The Morgan fingerprint density at radius 2 is 2.50 bits per heavy atom. The van der Waals surface area contributed by atoms with Crippen LogP contribution in [0.1, 0.15) is 31.7 Å². The van der Waals surface area contributed by atoms with Crippen LogP contribution in [0.15, 0.2) is 28.2 Å². The van der Waals surface area contributed by atoms with E-state index in [0.29, 0.717) is 11.3 Å². The van der Waals surface area contributed by atoms with Gasteiger partial charge in [-0.3, -0.25) is 0 Å². The van der Waals surface area contributed by atoms with Crippen LogP contribution in [0, 0.1) is 11.8 Å². The zero-order chi connectivity index (χ0) is 10.2. The van der Waals surface area contributed by atoms with E-state index in [-0.39, 0.29) is 0 Å². The first-order valence-corrected chi connectivity index (χ1v) is 4.62. The number of oxime groups is 1. The van der Waals surface area contributed by atoms with Gasteiger partial charge >= 0.3 is 0 Å². The van der Waals surface area contributed by atoms with Crippen molar-refractivity contribution in [2.75, 3.05) is 0 Å². The van der Waals surface area contributed by atoms with Gasteiger partial charge in [0.2, 0.25) is 0 Å². The maximum absolute atomic E-state index is 8.70. The smallest absolute Gasteiger partial charge is 0.162 e. The van der Waals surface area contributed by atoms with Gasteiger partial charge in [-0.2, -0.15) is 0 Å². The van der Waals surface area contributed by atoms with Gasteiger partial charge < -0.3 is 9.62 Å². The second-order valence-electron chi connectivity index (χ2n) is 2.87. The molecule has 0 aromatic carbocycles. The second-order valence-corrected chi connectivity index (χ2v) is 2.87. The summed E-state index contributed by atoms with van der Waals surface area (Å²) in [5.41, 5.74) is 1.06. The maximum atomic E-state index is 8.70. The Labute approximate surface area is 83.4 Å². The highest BCUT2D eigenvalue weighted by Crippen LogP contribution is 2.01. The molecule has 0 radical (unpaired) electrons. The van der Waals surface area contributed by atoms with Gasteiger partial charge in [0.25, 0.3) is 0 Å². The van der Waals surface area contributed by atoms with Crippen molar-refractivity contribution >= 4 is 5.71 Å². The molecule has 1 N–H and O–H groups in total. The van der Waals surface area contributed by atoms with Crippen LogP contribution in [-0.2, 0) is 0 Å². The minimum Gasteiger partial charge on any atom is -0.472 e. The highest BCUT2D eigenvalue weighted by Gasteiger charge is 2.00. The van der Waals surface area contributed by atoms with Gasteiger partial charge in [0.05, 0.1) is 11.8 Å². The minimum absolute atomic E-state index is 0.356. The Balaban J connectivity index is 2.60. The van der Waals surface area contributed by atoms with E-state index in [1.54, 1.807) is 6.07 Å². The zero-order valence-electron chi connectivity index (χ0n) is 8.16. The molecule has 0 aliphatic heterocycles. The van der Waals surface area contributed by atoms with Crippen molar-refractivity contribution in [3.8, 4) is 11.8 Å². The fraction of sp³-hybridized carbons (Fsp3) is 0.364. The number of unbranched alkanes of at least 4 members (excludes halogenated alkanes) is 2. The molecule has 0 fully saturated rings. The lowest BCUT2D eigenvalue weighted by Gasteiger charge is -1.88. The summed E-state index contributed by atoms with van der Waals surface area (Å²) in [6, 6.07) is 1.71. The first-order valence-electron chi connectivity index (χ1n) is 4.62. The molecule has 0 bridgehead atoms. The fourth-order valence-electron chi connectivity index (χ4n) is 0.966. The maximum Gasteiger partial charge on any atom is 0.162 e. The van der Waals surface area contributed by atoms with E-state index < -0.39 is 0 Å². The number of hydrogen-bond acceptors (Lipinski definition) is 3. The third-order valence-corrected chi connectivity index (χ3v) is 1.76. The molecule has 74 valence electrons. The molecular weight excluding hydrogens is 178 g/mol. The van der Waals surface area contributed by atoms with Crippen LogP contribution in [0.3, 0.4) is 0 Å². The largest absolute Gasteiger partial charge is 0.472 e. The number of nitrogens with zero attached hydrogens (tertiary/aromatic N) is 1. The van der Waals surface area contributed by atoms with E-state index >= 15 is 0 Å². The standard InChI is InChI=1S/C11H13NO2/c1-2-3-4-5-6-11(12-13)10-7-8-14-9-10/h7-9,13H,2-4H2,1H3. The Bertz CT molecular complexity index is 341. The molecule has 0 spiro atoms. The summed E-state index contributed by atoms with van der Waals surface area (Å²) in [5.74, 6) is 5.74. The predicted molar refractivity (Wildman–Crippen MR) is 54.3 cm³/mol. The molecule has 1 aromatic heterocycles. The summed E-state index contributed by atoms with van der Waals surface area (Å²) in [5, 5.41) is 11.8. The van der Waals surface area contributed by atoms with Crippen LogP contribution in [0.25, 0.3) is 0 Å². The van der Waals surface area contributed by atoms with Gasteiger partial charge in [0.1, 0.15) is 6.26 Å². The lowest BCUT2D eigenvalue weighted by Crippen LogP contribution is -1.94. The second kappa shape index (κ2) is 5.87. The highest BCUT2D eigenvalue weighted by atomic mass is 16.4. The summed E-state index contributed by atoms with van der Waals surface area (Å²) in [6.07, 6.45) is 6.04. The first kappa shape index (κ1) is 10.4. The SMILES string of the molecule is CCCCC#CC(=NO)c1ccoc1. The van der Waals surface area contributed by atoms with Crippen molar-refractivity contribution in [2.45, 2.75) is 26.2 Å². The van der Waals surface area contributed by atoms with Crippen LogP contribution in [0.4, 0.5) is 0 Å². The normalized spacial score (nSPS) is 10.8. The molecule has 1 aromatic rings. The average Bonchev–Trinajstić information content (AvgIpc) is 2.71. The van der Waals surface area contributed by atoms with Gasteiger partial charge in [-0.25, -0.2) is 0 Å². The molecule has 0 atom stereocenters. The van der Waals surface area contributed by atoms with E-state index in [2.05, 4.69) is 23.9 Å². The van der Waals surface area contributed by atoms with Crippen LogP contribution < -0.4 is 0 Å². The van der Waals surface area contributed by atoms with Gasteiger partial charge in [0, 0.05) is 6.42 Å². The van der Waals surface area contributed by atoms with Crippen molar-refractivity contribution in [3.05, 3.63) is 24.2 Å². The highest BCUT2D eigenvalue weighted by molar-refractivity contribution is 6.12. The molecular formula is C11H13NO2. The third kappa shape index (κ3) is 2.98. The molecule has 0 unspecified atom stereocenters. The van der Waals surface area contributed by atoms with Gasteiger partial charge in [-0.15, -0.1) is 0 Å². The molecule has 1 heterocycles. The Hall–Kier alpha value is -1.69. The van der Waals surface area contributed by atoms with Crippen LogP contribution in [-0.4, -0.2) is 10.9 Å². The van der Waals surface area contributed by atoms with Crippen LogP contribution >= 0.6 is 0 Å². The minimum atomic E-state index is 0.356. The van der Waals surface area contributed by atoms with E-state index in [0.717, 1.165) is 19.3 Å². The molecule has 0 aliphatic rings. The lowest BCUT2D eigenvalue weighted by atomic mass is 10.2.